The molecule has 0 fully saturated rings. The summed E-state index contributed by atoms with van der Waals surface area (Å²) in [6, 6.07) is 0. The minimum atomic E-state index is 0.167. The van der Waals surface area contributed by atoms with Crippen molar-refractivity contribution in [3.05, 3.63) is 12.2 Å². The molecule has 0 bridgehead atoms. The number of amides is 1. The molecule has 0 saturated heterocycles. The summed E-state index contributed by atoms with van der Waals surface area (Å²) in [5.41, 5.74) is 0. The van der Waals surface area contributed by atoms with Crippen LogP contribution < -0.4 is 5.32 Å². The van der Waals surface area contributed by atoms with Crippen LogP contribution in [0.15, 0.2) is 12.2 Å². The Bertz CT molecular complexity index is 319. The molecule has 4 nitrogen and oxygen atoms in total. The van der Waals surface area contributed by atoms with Gasteiger partial charge in [0.05, 0.1) is 0 Å². The molecule has 0 aliphatic carbocycles. The zero-order valence-electron chi connectivity index (χ0n) is 16.8. The topological polar surface area (TPSA) is 52.6 Å². The first-order valence-electron chi connectivity index (χ1n) is 10.5. The van der Waals surface area contributed by atoms with Crippen LogP contribution in [0.4, 0.5) is 0 Å². The Morgan fingerprint density at radius 1 is 0.920 bits per heavy atom. The number of nitrogens with one attached hydrogen (secondary N) is 1. The molecule has 0 unspecified atom stereocenters. The monoisotopic (exact) mass is 354 g/mol. The summed E-state index contributed by atoms with van der Waals surface area (Å²) in [6.45, 7) is 8.56. The molecule has 0 atom stereocenters. The summed E-state index contributed by atoms with van der Waals surface area (Å²) in [5.74, 6) is 0.167. The maximum absolute atomic E-state index is 11.8. The first-order chi connectivity index (χ1) is 12.2. The highest BCUT2D eigenvalue weighted by Gasteiger charge is 2.04. The second-order valence-electron chi connectivity index (χ2n) is 6.78. The highest BCUT2D eigenvalue weighted by Crippen LogP contribution is 2.07. The largest absolute Gasteiger partial charge is 0.396 e. The van der Waals surface area contributed by atoms with Crippen LogP contribution in [0.1, 0.15) is 84.5 Å². The van der Waals surface area contributed by atoms with E-state index in [0.29, 0.717) is 13.0 Å². The van der Waals surface area contributed by atoms with E-state index in [4.69, 9.17) is 5.11 Å². The number of carbonyl (C=O) groups excluding carboxylic acids is 1. The van der Waals surface area contributed by atoms with Crippen LogP contribution in [0.3, 0.4) is 0 Å². The van der Waals surface area contributed by atoms with Crippen LogP contribution in [-0.2, 0) is 4.79 Å². The van der Waals surface area contributed by atoms with Crippen LogP contribution in [0.2, 0.25) is 0 Å². The molecule has 0 radical (unpaired) electrons. The second-order valence-corrected chi connectivity index (χ2v) is 6.78. The van der Waals surface area contributed by atoms with Gasteiger partial charge in [0.2, 0.25) is 5.91 Å². The number of hydrogen-bond donors (Lipinski definition) is 2. The zero-order valence-corrected chi connectivity index (χ0v) is 16.8. The maximum atomic E-state index is 11.8. The van der Waals surface area contributed by atoms with E-state index < -0.39 is 0 Å². The molecule has 0 spiro atoms. The van der Waals surface area contributed by atoms with Crippen molar-refractivity contribution in [1.82, 2.24) is 10.2 Å². The van der Waals surface area contributed by atoms with Crippen LogP contribution in [0.5, 0.6) is 0 Å². The minimum Gasteiger partial charge on any atom is -0.396 e. The van der Waals surface area contributed by atoms with E-state index in [1.165, 1.54) is 38.5 Å². The number of hydrogen-bond acceptors (Lipinski definition) is 3. The molecule has 0 aromatic rings. The SMILES string of the molecule is CCC/C=C/CCC(=O)NCCN(CC)CCCCCCCCCO. The number of aliphatic hydroxyl groups is 1. The van der Waals surface area contributed by atoms with Gasteiger partial charge in [-0.2, -0.15) is 0 Å². The molecule has 0 rings (SSSR count). The van der Waals surface area contributed by atoms with Crippen molar-refractivity contribution in [2.45, 2.75) is 84.5 Å². The maximum Gasteiger partial charge on any atom is 0.220 e. The molecule has 0 aliphatic heterocycles. The fourth-order valence-electron chi connectivity index (χ4n) is 2.82. The number of carbonyl (C=O) groups is 1. The summed E-state index contributed by atoms with van der Waals surface area (Å²) in [7, 11) is 0. The molecule has 1 amide bonds. The van der Waals surface area contributed by atoms with Crippen molar-refractivity contribution in [3.63, 3.8) is 0 Å². The Labute approximate surface area is 156 Å². The summed E-state index contributed by atoms with van der Waals surface area (Å²) in [6.07, 6.45) is 16.5. The fraction of sp³-hybridized carbons (Fsp3) is 0.857. The number of rotatable bonds is 18. The lowest BCUT2D eigenvalue weighted by molar-refractivity contribution is -0.121. The third kappa shape index (κ3) is 17.7. The molecule has 2 N–H and O–H groups in total. The van der Waals surface area contributed by atoms with Crippen LogP contribution >= 0.6 is 0 Å². The minimum absolute atomic E-state index is 0.167. The lowest BCUT2D eigenvalue weighted by atomic mass is 10.1. The number of unbranched alkanes of at least 4 members (excludes halogenated alkanes) is 7. The first-order valence-corrected chi connectivity index (χ1v) is 10.5. The van der Waals surface area contributed by atoms with E-state index in [-0.39, 0.29) is 5.91 Å². The lowest BCUT2D eigenvalue weighted by Gasteiger charge is -2.20. The highest BCUT2D eigenvalue weighted by molar-refractivity contribution is 5.75. The van der Waals surface area contributed by atoms with E-state index >= 15 is 0 Å². The van der Waals surface area contributed by atoms with Crippen molar-refractivity contribution < 1.29 is 9.90 Å². The van der Waals surface area contributed by atoms with E-state index in [9.17, 15) is 4.79 Å². The zero-order chi connectivity index (χ0) is 18.6. The smallest absolute Gasteiger partial charge is 0.220 e. The van der Waals surface area contributed by atoms with Gasteiger partial charge in [0.15, 0.2) is 0 Å². The van der Waals surface area contributed by atoms with E-state index in [1.54, 1.807) is 0 Å². The number of aliphatic hydroxyl groups excluding tert-OH is 1. The summed E-state index contributed by atoms with van der Waals surface area (Å²) in [4.78, 5) is 14.2. The highest BCUT2D eigenvalue weighted by atomic mass is 16.2. The molecule has 4 heteroatoms. The van der Waals surface area contributed by atoms with Gasteiger partial charge in [0.25, 0.3) is 0 Å². The molecule has 0 aromatic heterocycles. The van der Waals surface area contributed by atoms with Crippen molar-refractivity contribution in [2.24, 2.45) is 0 Å². The second kappa shape index (κ2) is 19.5. The van der Waals surface area contributed by atoms with Gasteiger partial charge in [-0.05, 0) is 38.8 Å². The quantitative estimate of drug-likeness (QED) is 0.285. The molecular formula is C21H42N2O2. The standard InChI is InChI=1S/C21H42N2O2/c1-3-5-6-10-13-16-21(25)22-17-19-23(4-2)18-14-11-8-7-9-12-15-20-24/h6,10,24H,3-5,7-9,11-20H2,1-2H3,(H,22,25)/b10-6+. The number of nitrogens with zero attached hydrogens (tertiary/aromatic N) is 1. The van der Waals surface area contributed by atoms with E-state index in [0.717, 1.165) is 51.9 Å². The molecule has 0 saturated carbocycles. The Morgan fingerprint density at radius 2 is 1.56 bits per heavy atom. The Kier molecular flexibility index (Phi) is 18.8. The number of allylic oxidation sites excluding steroid dienone is 2. The molecule has 0 aliphatic rings. The van der Waals surface area contributed by atoms with E-state index in [1.807, 2.05) is 0 Å². The van der Waals surface area contributed by atoms with Crippen molar-refractivity contribution >= 4 is 5.91 Å². The van der Waals surface area contributed by atoms with Gasteiger partial charge in [-0.15, -0.1) is 0 Å². The molecule has 25 heavy (non-hydrogen) atoms. The van der Waals surface area contributed by atoms with Gasteiger partial charge in [-0.1, -0.05) is 64.5 Å². The van der Waals surface area contributed by atoms with Gasteiger partial charge < -0.3 is 15.3 Å². The Morgan fingerprint density at radius 3 is 2.20 bits per heavy atom. The third-order valence-corrected chi connectivity index (χ3v) is 4.49. The van der Waals surface area contributed by atoms with Gasteiger partial charge >= 0.3 is 0 Å². The predicted octanol–water partition coefficient (Wildman–Crippen LogP) is 4.28. The van der Waals surface area contributed by atoms with Crippen molar-refractivity contribution in [3.8, 4) is 0 Å². The van der Waals surface area contributed by atoms with Gasteiger partial charge in [0, 0.05) is 26.1 Å². The molecule has 148 valence electrons. The summed E-state index contributed by atoms with van der Waals surface area (Å²) >= 11 is 0. The molecule has 0 aromatic carbocycles. The van der Waals surface area contributed by atoms with Gasteiger partial charge in [-0.3, -0.25) is 4.79 Å². The Balaban J connectivity index is 3.53. The lowest BCUT2D eigenvalue weighted by Crippen LogP contribution is -2.35. The fourth-order valence-corrected chi connectivity index (χ4v) is 2.82. The van der Waals surface area contributed by atoms with Crippen molar-refractivity contribution in [2.75, 3.05) is 32.8 Å². The third-order valence-electron chi connectivity index (χ3n) is 4.49. The average Bonchev–Trinajstić information content (AvgIpc) is 2.62. The van der Waals surface area contributed by atoms with Crippen molar-refractivity contribution in [1.29, 1.82) is 0 Å². The predicted molar refractivity (Wildman–Crippen MR) is 108 cm³/mol. The Hall–Kier alpha value is -0.870. The molecular weight excluding hydrogens is 312 g/mol. The van der Waals surface area contributed by atoms with E-state index in [2.05, 4.69) is 36.2 Å². The normalized spacial score (nSPS) is 11.5. The van der Waals surface area contributed by atoms with Crippen LogP contribution in [-0.4, -0.2) is 48.7 Å². The van der Waals surface area contributed by atoms with Crippen LogP contribution in [0, 0.1) is 0 Å². The van der Waals surface area contributed by atoms with Gasteiger partial charge in [-0.25, -0.2) is 0 Å². The van der Waals surface area contributed by atoms with Crippen LogP contribution in [0.25, 0.3) is 0 Å². The number of likely N-dealkylation sites (N-methyl/N-ethyl adjacent to an activating group) is 1. The summed E-state index contributed by atoms with van der Waals surface area (Å²) in [5, 5.41) is 11.8. The molecule has 0 heterocycles. The average molecular weight is 355 g/mol. The van der Waals surface area contributed by atoms with Gasteiger partial charge in [0.1, 0.15) is 0 Å². The summed E-state index contributed by atoms with van der Waals surface area (Å²) < 4.78 is 0. The first kappa shape index (κ1) is 24.1.